The van der Waals surface area contributed by atoms with Gasteiger partial charge in [0.25, 0.3) is 5.91 Å². The molecule has 2 fully saturated rings. The summed E-state index contributed by atoms with van der Waals surface area (Å²) in [6.45, 7) is 8.60. The van der Waals surface area contributed by atoms with Crippen molar-refractivity contribution >= 4 is 35.2 Å². The van der Waals surface area contributed by atoms with Crippen LogP contribution in [0, 0.1) is 5.92 Å². The van der Waals surface area contributed by atoms with Crippen molar-refractivity contribution in [3.63, 3.8) is 0 Å². The van der Waals surface area contributed by atoms with Crippen LogP contribution in [0.2, 0.25) is 0 Å². The first-order valence-electron chi connectivity index (χ1n) is 18.4. The quantitative estimate of drug-likeness (QED) is 0.401. The minimum absolute atomic E-state index is 0.0791. The van der Waals surface area contributed by atoms with E-state index >= 15 is 0 Å². The maximum atomic E-state index is 13.9. The fraction of sp³-hybridized carbons (Fsp3) is 0.564. The van der Waals surface area contributed by atoms with Crippen LogP contribution < -0.4 is 25.6 Å². The summed E-state index contributed by atoms with van der Waals surface area (Å²) in [6, 6.07) is 12.2. The predicted octanol–water partition coefficient (Wildman–Crippen LogP) is 3.53. The average molecular weight is 705 g/mol. The molecule has 3 N–H and O–H groups in total. The second kappa shape index (κ2) is 19.1. The highest BCUT2D eigenvalue weighted by Crippen LogP contribution is 2.21. The molecule has 0 aliphatic carbocycles. The number of anilines is 1. The number of rotatable bonds is 7. The normalized spacial score (nSPS) is 22.1. The fourth-order valence-corrected chi connectivity index (χ4v) is 6.58. The topological polar surface area (TPSA) is 140 Å². The van der Waals surface area contributed by atoms with Gasteiger partial charge >= 0.3 is 0 Å². The minimum atomic E-state index is -0.981. The third kappa shape index (κ3) is 11.5. The average Bonchev–Trinajstić information content (AvgIpc) is 3.14. The number of methoxy groups -OCH3 is 1. The molecule has 0 saturated carbocycles. The lowest BCUT2D eigenvalue weighted by atomic mass is 10.00. The summed E-state index contributed by atoms with van der Waals surface area (Å²) in [5, 5.41) is 8.69. The Morgan fingerprint density at radius 3 is 2.14 bits per heavy atom. The van der Waals surface area contributed by atoms with E-state index in [9.17, 15) is 24.0 Å². The van der Waals surface area contributed by atoms with Gasteiger partial charge in [0.2, 0.25) is 23.6 Å². The summed E-state index contributed by atoms with van der Waals surface area (Å²) < 4.78 is 5.26. The highest BCUT2D eigenvalue weighted by atomic mass is 16.5. The molecule has 2 heterocycles. The molecule has 51 heavy (non-hydrogen) atoms. The largest absolute Gasteiger partial charge is 0.497 e. The number of hydrogen-bond donors (Lipinski definition) is 3. The summed E-state index contributed by atoms with van der Waals surface area (Å²) in [4.78, 5) is 73.3. The van der Waals surface area contributed by atoms with Gasteiger partial charge in [0.15, 0.2) is 0 Å². The lowest BCUT2D eigenvalue weighted by Crippen LogP contribution is -2.57. The van der Waals surface area contributed by atoms with Gasteiger partial charge in [0.05, 0.1) is 7.11 Å². The molecule has 5 amide bonds. The second-order valence-electron chi connectivity index (χ2n) is 14.1. The molecule has 2 aromatic carbocycles. The van der Waals surface area contributed by atoms with Crippen molar-refractivity contribution < 1.29 is 28.7 Å². The number of hydrogen-bond acceptors (Lipinski definition) is 7. The number of carbonyl (C=O) groups is 5. The molecule has 3 atom stereocenters. The van der Waals surface area contributed by atoms with Crippen molar-refractivity contribution in [3.8, 4) is 5.75 Å². The maximum absolute atomic E-state index is 13.9. The zero-order valence-corrected chi connectivity index (χ0v) is 30.9. The molecule has 278 valence electrons. The van der Waals surface area contributed by atoms with Gasteiger partial charge in [-0.05, 0) is 93.3 Å². The number of ether oxygens (including phenoxy) is 1. The van der Waals surface area contributed by atoms with E-state index in [4.69, 9.17) is 4.74 Å². The van der Waals surface area contributed by atoms with Crippen molar-refractivity contribution in [2.24, 2.45) is 5.92 Å². The van der Waals surface area contributed by atoms with Crippen LogP contribution in [0.5, 0.6) is 5.75 Å². The number of carbonyl (C=O) groups excluding carboxylic acids is 5. The Labute approximate surface area is 302 Å². The molecule has 0 aromatic heterocycles. The number of amides is 5. The van der Waals surface area contributed by atoms with E-state index < -0.39 is 29.9 Å². The van der Waals surface area contributed by atoms with Crippen molar-refractivity contribution in [1.82, 2.24) is 25.8 Å². The van der Waals surface area contributed by atoms with Crippen LogP contribution >= 0.6 is 0 Å². The number of benzene rings is 2. The summed E-state index contributed by atoms with van der Waals surface area (Å²) >= 11 is 0. The number of piperidine rings is 1. The standard InChI is InChI=1S/C39H56N6O6/c1-27(2)25-33-37(48)42-34(26-29-12-18-32(51-5)19-13-29)39(50)43(4)28(3)36(47)40-20-10-24-45(23-9-11-35(46)41-33)38(49)30-14-16-31(17-15-30)44-21-7-6-8-22-44/h12-19,27-28,33-34H,6-11,20-26H2,1-5H3,(H,40,47)(H,41,46)(H,42,48)/t28-,33+,34-/m0/s1. The molecule has 0 bridgehead atoms. The summed E-state index contributed by atoms with van der Waals surface area (Å²) in [7, 11) is 3.11. The van der Waals surface area contributed by atoms with Crippen LogP contribution in [0.3, 0.4) is 0 Å². The Kier molecular flexibility index (Phi) is 14.7. The summed E-state index contributed by atoms with van der Waals surface area (Å²) in [5.41, 5.74) is 2.47. The first-order chi connectivity index (χ1) is 24.5. The van der Waals surface area contributed by atoms with Gasteiger partial charge in [-0.1, -0.05) is 26.0 Å². The van der Waals surface area contributed by atoms with Crippen LogP contribution in [-0.2, 0) is 25.6 Å². The van der Waals surface area contributed by atoms with E-state index in [-0.39, 0.29) is 36.5 Å². The zero-order chi connectivity index (χ0) is 36.9. The molecule has 12 heteroatoms. The molecular weight excluding hydrogens is 648 g/mol. The van der Waals surface area contributed by atoms with Gasteiger partial charge in [-0.15, -0.1) is 0 Å². The highest BCUT2D eigenvalue weighted by Gasteiger charge is 2.32. The Hall–Kier alpha value is -4.61. The van der Waals surface area contributed by atoms with Gasteiger partial charge < -0.3 is 35.4 Å². The van der Waals surface area contributed by atoms with Gasteiger partial charge in [-0.3, -0.25) is 24.0 Å². The molecule has 2 aliphatic rings. The molecule has 12 nitrogen and oxygen atoms in total. The third-order valence-electron chi connectivity index (χ3n) is 9.74. The summed E-state index contributed by atoms with van der Waals surface area (Å²) in [6.07, 6.45) is 5.12. The highest BCUT2D eigenvalue weighted by molar-refractivity contribution is 5.95. The first kappa shape index (κ1) is 39.2. The lowest BCUT2D eigenvalue weighted by Gasteiger charge is -2.30. The van der Waals surface area contributed by atoms with Gasteiger partial charge in [-0.2, -0.15) is 0 Å². The van der Waals surface area contributed by atoms with E-state index in [1.54, 1.807) is 38.1 Å². The molecule has 2 aliphatic heterocycles. The Bertz CT molecular complexity index is 1470. The maximum Gasteiger partial charge on any atom is 0.253 e. The smallest absolute Gasteiger partial charge is 0.253 e. The monoisotopic (exact) mass is 704 g/mol. The molecule has 0 radical (unpaired) electrons. The molecular formula is C39H56N6O6. The van der Waals surface area contributed by atoms with Crippen molar-refractivity contribution in [2.75, 3.05) is 51.8 Å². The SMILES string of the molecule is COc1ccc(C[C@@H]2NC(=O)[C@@H](CC(C)C)NC(=O)CCCN(C(=O)c3ccc(N4CCCCC4)cc3)CCCNC(=O)[C@H](C)N(C)C2=O)cc1. The third-order valence-corrected chi connectivity index (χ3v) is 9.74. The summed E-state index contributed by atoms with van der Waals surface area (Å²) in [5.74, 6) is -0.935. The number of nitrogens with one attached hydrogen (secondary N) is 3. The molecule has 0 spiro atoms. The molecule has 2 saturated heterocycles. The minimum Gasteiger partial charge on any atom is -0.497 e. The Balaban J connectivity index is 1.52. The number of nitrogens with zero attached hydrogens (tertiary/aromatic N) is 3. The van der Waals surface area contributed by atoms with Crippen LogP contribution in [0.25, 0.3) is 0 Å². The lowest BCUT2D eigenvalue weighted by molar-refractivity contribution is -0.141. The number of likely N-dealkylation sites (N-methyl/N-ethyl adjacent to an activating group) is 1. The van der Waals surface area contributed by atoms with Crippen LogP contribution in [-0.4, -0.2) is 104 Å². The van der Waals surface area contributed by atoms with Gasteiger partial charge in [0.1, 0.15) is 23.9 Å². The predicted molar refractivity (Wildman–Crippen MR) is 198 cm³/mol. The van der Waals surface area contributed by atoms with Crippen molar-refractivity contribution in [1.29, 1.82) is 0 Å². The second-order valence-corrected chi connectivity index (χ2v) is 14.1. The van der Waals surface area contributed by atoms with E-state index in [0.717, 1.165) is 37.2 Å². The van der Waals surface area contributed by atoms with E-state index in [2.05, 4.69) is 20.9 Å². The Morgan fingerprint density at radius 1 is 0.824 bits per heavy atom. The van der Waals surface area contributed by atoms with Crippen LogP contribution in [0.1, 0.15) is 81.6 Å². The van der Waals surface area contributed by atoms with E-state index in [1.165, 1.54) is 11.3 Å². The van der Waals surface area contributed by atoms with Gasteiger partial charge in [-0.25, -0.2) is 0 Å². The molecule has 0 unspecified atom stereocenters. The Morgan fingerprint density at radius 2 is 1.49 bits per heavy atom. The van der Waals surface area contributed by atoms with E-state index in [0.29, 0.717) is 50.2 Å². The van der Waals surface area contributed by atoms with E-state index in [1.807, 2.05) is 50.2 Å². The van der Waals surface area contributed by atoms with Crippen molar-refractivity contribution in [3.05, 3.63) is 59.7 Å². The molecule has 4 rings (SSSR count). The first-order valence-corrected chi connectivity index (χ1v) is 18.4. The van der Waals surface area contributed by atoms with Gasteiger partial charge in [0, 0.05) is 63.9 Å². The van der Waals surface area contributed by atoms with Crippen molar-refractivity contribution in [2.45, 2.75) is 90.3 Å². The fourth-order valence-electron chi connectivity index (χ4n) is 6.58. The molecule has 2 aromatic rings. The van der Waals surface area contributed by atoms with Crippen LogP contribution in [0.15, 0.2) is 48.5 Å². The zero-order valence-electron chi connectivity index (χ0n) is 30.9. The van der Waals surface area contributed by atoms with Crippen LogP contribution in [0.4, 0.5) is 5.69 Å².